The zero-order valence-corrected chi connectivity index (χ0v) is 11.8. The van der Waals surface area contributed by atoms with Crippen LogP contribution in [0, 0.1) is 0 Å². The molecule has 0 aliphatic carbocycles. The summed E-state index contributed by atoms with van der Waals surface area (Å²) in [4.78, 5) is 44.4. The number of nitrogens with one attached hydrogen (secondary N) is 2. The molecule has 1 unspecified atom stereocenters. The summed E-state index contributed by atoms with van der Waals surface area (Å²) in [5.41, 5.74) is 1.36. The Balaban J connectivity index is 2.07. The minimum Gasteiger partial charge on any atom is -0.480 e. The van der Waals surface area contributed by atoms with E-state index < -0.39 is 18.0 Å². The van der Waals surface area contributed by atoms with Crippen LogP contribution in [0.3, 0.4) is 0 Å². The molecule has 1 aliphatic rings. The van der Waals surface area contributed by atoms with E-state index in [9.17, 15) is 19.5 Å². The Hall–Kier alpha value is -2.58. The number of aromatic amines is 1. The summed E-state index contributed by atoms with van der Waals surface area (Å²) in [5, 5.41) is 11.7. The van der Waals surface area contributed by atoms with Crippen LogP contribution in [0.15, 0.2) is 6.33 Å². The molecule has 0 radical (unpaired) electrons. The number of fused-ring (bicyclic) bond motifs is 1. The first-order valence-corrected chi connectivity index (χ1v) is 6.38. The van der Waals surface area contributed by atoms with Gasteiger partial charge in [0.15, 0.2) is 0 Å². The normalized spacial score (nSPS) is 17.0. The summed E-state index contributed by atoms with van der Waals surface area (Å²) in [6.45, 7) is -0.0568. The highest BCUT2D eigenvalue weighted by Crippen LogP contribution is 2.20. The molecule has 3 N–H and O–H groups in total. The van der Waals surface area contributed by atoms with Crippen molar-refractivity contribution in [1.82, 2.24) is 25.1 Å². The van der Waals surface area contributed by atoms with E-state index in [0.29, 0.717) is 11.4 Å². The number of rotatable bonds is 3. The number of carbonyl (C=O) groups is 3. The number of carboxylic acid groups (broad SMARTS) is 1. The highest BCUT2D eigenvalue weighted by molar-refractivity contribution is 5.87. The third-order valence-electron chi connectivity index (χ3n) is 3.33. The molecule has 1 aromatic heterocycles. The maximum absolute atomic E-state index is 12.1. The van der Waals surface area contributed by atoms with Crippen molar-refractivity contribution < 1.29 is 19.5 Å². The second-order valence-corrected chi connectivity index (χ2v) is 4.96. The molecule has 0 bridgehead atoms. The molecule has 0 saturated carbocycles. The third-order valence-corrected chi connectivity index (χ3v) is 3.33. The third kappa shape index (κ3) is 3.12. The maximum atomic E-state index is 12.1. The summed E-state index contributed by atoms with van der Waals surface area (Å²) < 4.78 is 0. The van der Waals surface area contributed by atoms with E-state index in [2.05, 4.69) is 15.3 Å². The maximum Gasteiger partial charge on any atom is 0.326 e. The number of imidazole rings is 1. The molecule has 9 heteroatoms. The minimum atomic E-state index is -1.10. The second kappa shape index (κ2) is 5.81. The summed E-state index contributed by atoms with van der Waals surface area (Å²) in [5.74, 6) is -1.37. The number of nitrogens with zero attached hydrogens (tertiary/aromatic N) is 3. The fourth-order valence-corrected chi connectivity index (χ4v) is 2.08. The number of H-pyrrole nitrogens is 1. The lowest BCUT2D eigenvalue weighted by molar-refractivity contribution is -0.142. The molecular formula is C12H17N5O4. The first-order valence-electron chi connectivity index (χ1n) is 6.38. The summed E-state index contributed by atoms with van der Waals surface area (Å²) in [7, 11) is 3.15. The molecule has 0 saturated heterocycles. The number of hydrogen-bond acceptors (Lipinski definition) is 4. The van der Waals surface area contributed by atoms with Crippen LogP contribution in [0.5, 0.6) is 0 Å². The molecule has 1 atom stereocenters. The fraction of sp³-hybridized carbons (Fsp3) is 0.500. The van der Waals surface area contributed by atoms with Crippen LogP contribution in [-0.2, 0) is 22.6 Å². The fourth-order valence-electron chi connectivity index (χ4n) is 2.08. The molecule has 114 valence electrons. The van der Waals surface area contributed by atoms with Crippen molar-refractivity contribution in [3.05, 3.63) is 17.7 Å². The number of carbonyl (C=O) groups excluding carboxylic acids is 2. The van der Waals surface area contributed by atoms with Crippen LogP contribution in [0.4, 0.5) is 4.79 Å². The monoisotopic (exact) mass is 295 g/mol. The summed E-state index contributed by atoms with van der Waals surface area (Å²) in [6.07, 6.45) is 1.61. The summed E-state index contributed by atoms with van der Waals surface area (Å²) >= 11 is 0. The molecule has 3 amide bonds. The van der Waals surface area contributed by atoms with Gasteiger partial charge in [-0.05, 0) is 0 Å². The molecule has 1 aliphatic heterocycles. The Kier molecular flexibility index (Phi) is 4.10. The van der Waals surface area contributed by atoms with Crippen LogP contribution < -0.4 is 5.32 Å². The lowest BCUT2D eigenvalue weighted by Gasteiger charge is -2.32. The average molecular weight is 295 g/mol. The summed E-state index contributed by atoms with van der Waals surface area (Å²) in [6, 6.07) is -1.58. The Labute approximate surface area is 120 Å². The first kappa shape index (κ1) is 14.8. The number of aromatic nitrogens is 2. The van der Waals surface area contributed by atoms with Gasteiger partial charge in [-0.1, -0.05) is 0 Å². The quantitative estimate of drug-likeness (QED) is 0.662. The molecule has 9 nitrogen and oxygen atoms in total. The zero-order valence-electron chi connectivity index (χ0n) is 11.8. The van der Waals surface area contributed by atoms with Gasteiger partial charge >= 0.3 is 12.0 Å². The van der Waals surface area contributed by atoms with Gasteiger partial charge in [0, 0.05) is 20.5 Å². The van der Waals surface area contributed by atoms with E-state index in [1.54, 1.807) is 14.1 Å². The lowest BCUT2D eigenvalue weighted by atomic mass is 10.0. The number of aliphatic carboxylic acids is 1. The van der Waals surface area contributed by atoms with Crippen LogP contribution >= 0.6 is 0 Å². The van der Waals surface area contributed by atoms with E-state index in [4.69, 9.17) is 0 Å². The average Bonchev–Trinajstić information content (AvgIpc) is 2.89. The van der Waals surface area contributed by atoms with Gasteiger partial charge in [-0.3, -0.25) is 4.79 Å². The SMILES string of the molecule is CN(C)C(=O)CNC(=O)N1Cc2[nH]cnc2CC1C(=O)O. The van der Waals surface area contributed by atoms with Gasteiger partial charge in [0.1, 0.15) is 6.04 Å². The molecule has 2 heterocycles. The Bertz CT molecular complexity index is 568. The van der Waals surface area contributed by atoms with Gasteiger partial charge in [-0.2, -0.15) is 0 Å². The first-order chi connectivity index (χ1) is 9.90. The molecule has 2 rings (SSSR count). The smallest absolute Gasteiger partial charge is 0.326 e. The Morgan fingerprint density at radius 3 is 2.86 bits per heavy atom. The van der Waals surface area contributed by atoms with E-state index in [1.165, 1.54) is 16.1 Å². The molecule has 0 aromatic carbocycles. The van der Waals surface area contributed by atoms with Crippen molar-refractivity contribution in [2.24, 2.45) is 0 Å². The topological polar surface area (TPSA) is 119 Å². The second-order valence-electron chi connectivity index (χ2n) is 4.96. The van der Waals surface area contributed by atoms with Crippen molar-refractivity contribution >= 4 is 17.9 Å². The van der Waals surface area contributed by atoms with Crippen LogP contribution in [0.2, 0.25) is 0 Å². The van der Waals surface area contributed by atoms with Gasteiger partial charge in [-0.15, -0.1) is 0 Å². The van der Waals surface area contributed by atoms with Gasteiger partial charge in [0.2, 0.25) is 5.91 Å². The van der Waals surface area contributed by atoms with E-state index in [0.717, 1.165) is 0 Å². The largest absolute Gasteiger partial charge is 0.480 e. The van der Waals surface area contributed by atoms with Crippen LogP contribution in [0.25, 0.3) is 0 Å². The molecule has 21 heavy (non-hydrogen) atoms. The van der Waals surface area contributed by atoms with E-state index >= 15 is 0 Å². The highest BCUT2D eigenvalue weighted by Gasteiger charge is 2.36. The van der Waals surface area contributed by atoms with Crippen LogP contribution in [0.1, 0.15) is 11.4 Å². The predicted molar refractivity (Wildman–Crippen MR) is 71.4 cm³/mol. The zero-order chi connectivity index (χ0) is 15.6. The van der Waals surface area contributed by atoms with Gasteiger partial charge in [0.05, 0.1) is 30.8 Å². The van der Waals surface area contributed by atoms with E-state index in [-0.39, 0.29) is 25.4 Å². The molecule has 1 aromatic rings. The number of urea groups is 1. The molecular weight excluding hydrogens is 278 g/mol. The Morgan fingerprint density at radius 2 is 2.24 bits per heavy atom. The highest BCUT2D eigenvalue weighted by atomic mass is 16.4. The number of hydrogen-bond donors (Lipinski definition) is 3. The lowest BCUT2D eigenvalue weighted by Crippen LogP contribution is -2.53. The molecule has 0 fully saturated rings. The van der Waals surface area contributed by atoms with Gasteiger partial charge < -0.3 is 25.2 Å². The predicted octanol–water partition coefficient (Wildman–Crippen LogP) is -0.981. The Morgan fingerprint density at radius 1 is 1.52 bits per heavy atom. The minimum absolute atomic E-state index is 0.119. The van der Waals surface area contributed by atoms with Crippen molar-refractivity contribution in [3.63, 3.8) is 0 Å². The number of likely N-dealkylation sites (N-methyl/N-ethyl adjacent to an activating group) is 1. The van der Waals surface area contributed by atoms with Crippen molar-refractivity contribution in [3.8, 4) is 0 Å². The van der Waals surface area contributed by atoms with Crippen molar-refractivity contribution in [2.45, 2.75) is 19.0 Å². The van der Waals surface area contributed by atoms with Crippen molar-refractivity contribution in [1.29, 1.82) is 0 Å². The number of carboxylic acids is 1. The van der Waals surface area contributed by atoms with Gasteiger partial charge in [-0.25, -0.2) is 14.6 Å². The van der Waals surface area contributed by atoms with Gasteiger partial charge in [0.25, 0.3) is 0 Å². The van der Waals surface area contributed by atoms with Crippen LogP contribution in [-0.4, -0.2) is 69.5 Å². The van der Waals surface area contributed by atoms with E-state index in [1.807, 2.05) is 0 Å². The number of amides is 3. The molecule has 0 spiro atoms. The standard InChI is InChI=1S/C12H17N5O4/c1-16(2)10(18)4-13-12(21)17-5-8-7(14-6-15-8)3-9(17)11(19)20/h6,9H,3-5H2,1-2H3,(H,13,21)(H,14,15)(H,19,20). The van der Waals surface area contributed by atoms with Crippen molar-refractivity contribution in [2.75, 3.05) is 20.6 Å².